The molecule has 1 heterocycles. The Balaban J connectivity index is 1.61. The number of carbonyl (C=O) groups is 2. The molecule has 1 amide bonds. The highest BCUT2D eigenvalue weighted by molar-refractivity contribution is 5.78. The number of carbonyl (C=O) groups excluding carboxylic acids is 1. The minimum Gasteiger partial charge on any atom is -0.493 e. The van der Waals surface area contributed by atoms with Crippen molar-refractivity contribution in [1.29, 1.82) is 0 Å². The summed E-state index contributed by atoms with van der Waals surface area (Å²) in [7, 11) is 0. The molecule has 6 nitrogen and oxygen atoms in total. The summed E-state index contributed by atoms with van der Waals surface area (Å²) in [4.78, 5) is 25.7. The van der Waals surface area contributed by atoms with Gasteiger partial charge in [-0.05, 0) is 72.6 Å². The highest BCUT2D eigenvalue weighted by atomic mass is 19.1. The summed E-state index contributed by atoms with van der Waals surface area (Å²) >= 11 is 0. The van der Waals surface area contributed by atoms with Crippen molar-refractivity contribution in [2.75, 3.05) is 19.8 Å². The van der Waals surface area contributed by atoms with E-state index in [1.807, 2.05) is 6.92 Å². The summed E-state index contributed by atoms with van der Waals surface area (Å²) in [5, 5.41) is 9.23. The number of nitrogens with zero attached hydrogens (tertiary/aromatic N) is 1. The third-order valence-corrected chi connectivity index (χ3v) is 6.77. The molecule has 1 fully saturated rings. The number of hydrogen-bond acceptors (Lipinski definition) is 4. The monoisotopic (exact) mass is 469 g/mol. The van der Waals surface area contributed by atoms with Crippen LogP contribution in [0, 0.1) is 11.7 Å². The van der Waals surface area contributed by atoms with Gasteiger partial charge >= 0.3 is 12.1 Å². The maximum atomic E-state index is 14.7. The van der Waals surface area contributed by atoms with Crippen LogP contribution in [0.5, 0.6) is 5.75 Å². The Hall–Kier alpha value is -3.09. The van der Waals surface area contributed by atoms with Crippen LogP contribution in [0.1, 0.15) is 55.7 Å². The molecule has 1 aliphatic carbocycles. The molecule has 4 rings (SSSR count). The Morgan fingerprint density at radius 3 is 2.62 bits per heavy atom. The molecule has 0 bridgehead atoms. The quantitative estimate of drug-likeness (QED) is 0.572. The van der Waals surface area contributed by atoms with E-state index >= 15 is 0 Å². The number of carboxylic acid groups (broad SMARTS) is 1. The topological polar surface area (TPSA) is 76.1 Å². The van der Waals surface area contributed by atoms with Crippen molar-refractivity contribution < 1.29 is 28.6 Å². The lowest BCUT2D eigenvalue weighted by Gasteiger charge is -2.31. The first-order chi connectivity index (χ1) is 16.5. The van der Waals surface area contributed by atoms with Crippen LogP contribution in [0.3, 0.4) is 0 Å². The van der Waals surface area contributed by atoms with Crippen LogP contribution in [-0.2, 0) is 28.9 Å². The molecule has 34 heavy (non-hydrogen) atoms. The molecule has 0 radical (unpaired) electrons. The Labute approximate surface area is 199 Å². The summed E-state index contributed by atoms with van der Waals surface area (Å²) in [6.07, 6.45) is 5.72. The number of hydrogen-bond donors (Lipinski definition) is 1. The van der Waals surface area contributed by atoms with E-state index in [-0.39, 0.29) is 24.9 Å². The van der Waals surface area contributed by atoms with Crippen molar-refractivity contribution in [2.45, 2.75) is 58.4 Å². The van der Waals surface area contributed by atoms with Crippen molar-refractivity contribution in [3.63, 3.8) is 0 Å². The van der Waals surface area contributed by atoms with Crippen LogP contribution in [0.4, 0.5) is 9.18 Å². The molecule has 7 heteroatoms. The van der Waals surface area contributed by atoms with Crippen LogP contribution in [0.15, 0.2) is 30.3 Å². The van der Waals surface area contributed by atoms with E-state index in [0.717, 1.165) is 18.4 Å². The SMILES string of the molecule is CCOc1ccc(CC(=O)O)cc1-c1ccc(F)c2c1CN(C(=O)OCC1CCCCC1)CC2. The molecular weight excluding hydrogens is 437 g/mol. The van der Waals surface area contributed by atoms with Gasteiger partial charge in [0.05, 0.1) is 19.6 Å². The molecule has 1 saturated carbocycles. The highest BCUT2D eigenvalue weighted by Gasteiger charge is 2.28. The van der Waals surface area contributed by atoms with E-state index in [2.05, 4.69) is 0 Å². The third kappa shape index (κ3) is 5.51. The molecule has 2 aliphatic rings. The number of amides is 1. The van der Waals surface area contributed by atoms with Gasteiger partial charge in [0.15, 0.2) is 0 Å². The Morgan fingerprint density at radius 2 is 1.88 bits per heavy atom. The van der Waals surface area contributed by atoms with Crippen molar-refractivity contribution in [3.05, 3.63) is 52.8 Å². The second-order valence-electron chi connectivity index (χ2n) is 9.14. The lowest BCUT2D eigenvalue weighted by Crippen LogP contribution is -2.37. The molecule has 182 valence electrons. The van der Waals surface area contributed by atoms with Gasteiger partial charge < -0.3 is 19.5 Å². The highest BCUT2D eigenvalue weighted by Crippen LogP contribution is 2.38. The summed E-state index contributed by atoms with van der Waals surface area (Å²) in [5.41, 5.74) is 3.38. The van der Waals surface area contributed by atoms with Crippen molar-refractivity contribution >= 4 is 12.1 Å². The maximum Gasteiger partial charge on any atom is 0.410 e. The van der Waals surface area contributed by atoms with E-state index in [9.17, 15) is 19.1 Å². The molecule has 2 aromatic rings. The second-order valence-corrected chi connectivity index (χ2v) is 9.14. The first kappa shape index (κ1) is 24.0. The predicted molar refractivity (Wildman–Crippen MR) is 126 cm³/mol. The lowest BCUT2D eigenvalue weighted by molar-refractivity contribution is -0.136. The molecule has 0 spiro atoms. The van der Waals surface area contributed by atoms with E-state index in [1.54, 1.807) is 29.2 Å². The third-order valence-electron chi connectivity index (χ3n) is 6.77. The van der Waals surface area contributed by atoms with Gasteiger partial charge in [0, 0.05) is 18.7 Å². The molecule has 0 atom stereocenters. The van der Waals surface area contributed by atoms with E-state index in [1.165, 1.54) is 25.3 Å². The number of aliphatic carboxylic acids is 1. The minimum atomic E-state index is -0.928. The van der Waals surface area contributed by atoms with E-state index < -0.39 is 5.97 Å². The van der Waals surface area contributed by atoms with Crippen LogP contribution in [0.25, 0.3) is 11.1 Å². The Morgan fingerprint density at radius 1 is 1.09 bits per heavy atom. The Bertz CT molecular complexity index is 1050. The van der Waals surface area contributed by atoms with Crippen LogP contribution < -0.4 is 4.74 Å². The van der Waals surface area contributed by atoms with Crippen molar-refractivity contribution in [2.24, 2.45) is 5.92 Å². The van der Waals surface area contributed by atoms with Gasteiger partial charge in [-0.25, -0.2) is 9.18 Å². The summed E-state index contributed by atoms with van der Waals surface area (Å²) in [5.74, 6) is -0.201. The number of rotatable bonds is 7. The summed E-state index contributed by atoms with van der Waals surface area (Å²) in [6, 6.07) is 8.39. The average molecular weight is 470 g/mol. The largest absolute Gasteiger partial charge is 0.493 e. The number of halogens is 1. The zero-order valence-corrected chi connectivity index (χ0v) is 19.6. The van der Waals surface area contributed by atoms with Crippen molar-refractivity contribution in [1.82, 2.24) is 4.90 Å². The molecule has 1 aliphatic heterocycles. The predicted octanol–water partition coefficient (Wildman–Crippen LogP) is 5.59. The van der Waals surface area contributed by atoms with Crippen LogP contribution >= 0.6 is 0 Å². The summed E-state index contributed by atoms with van der Waals surface area (Å²) in [6.45, 7) is 3.38. The minimum absolute atomic E-state index is 0.123. The number of carboxylic acids is 1. The van der Waals surface area contributed by atoms with E-state index in [4.69, 9.17) is 9.47 Å². The number of ether oxygens (including phenoxy) is 2. The molecule has 0 saturated heterocycles. The molecule has 1 N–H and O–H groups in total. The van der Waals surface area contributed by atoms with Gasteiger partial charge in [-0.1, -0.05) is 31.4 Å². The fourth-order valence-corrected chi connectivity index (χ4v) is 5.03. The van der Waals surface area contributed by atoms with Gasteiger partial charge in [-0.3, -0.25) is 4.79 Å². The van der Waals surface area contributed by atoms with Gasteiger partial charge in [-0.15, -0.1) is 0 Å². The van der Waals surface area contributed by atoms with Gasteiger partial charge in [0.1, 0.15) is 11.6 Å². The zero-order valence-electron chi connectivity index (χ0n) is 19.6. The second kappa shape index (κ2) is 10.9. The van der Waals surface area contributed by atoms with Crippen molar-refractivity contribution in [3.8, 4) is 16.9 Å². The van der Waals surface area contributed by atoms with Gasteiger partial charge in [0.2, 0.25) is 0 Å². The first-order valence-corrected chi connectivity index (χ1v) is 12.2. The van der Waals surface area contributed by atoms with E-state index in [0.29, 0.717) is 60.1 Å². The van der Waals surface area contributed by atoms with Crippen LogP contribution in [0.2, 0.25) is 0 Å². The number of fused-ring (bicyclic) bond motifs is 1. The average Bonchev–Trinajstić information content (AvgIpc) is 2.84. The molecular formula is C27H32FNO5. The maximum absolute atomic E-state index is 14.7. The smallest absolute Gasteiger partial charge is 0.410 e. The lowest BCUT2D eigenvalue weighted by atomic mass is 9.89. The first-order valence-electron chi connectivity index (χ1n) is 12.2. The standard InChI is InChI=1S/C27H32FNO5/c1-2-33-25-11-8-19(15-26(30)31)14-22(25)20-9-10-24(28)21-12-13-29(16-23(20)21)27(32)34-17-18-6-4-3-5-7-18/h8-11,14,18H,2-7,12-13,15-17H2,1H3,(H,30,31). The fraction of sp³-hybridized carbons (Fsp3) is 0.481. The van der Waals surface area contributed by atoms with Crippen LogP contribution in [-0.4, -0.2) is 41.8 Å². The summed E-state index contributed by atoms with van der Waals surface area (Å²) < 4.78 is 26.2. The molecule has 2 aromatic carbocycles. The van der Waals surface area contributed by atoms with Gasteiger partial charge in [0.25, 0.3) is 0 Å². The fourth-order valence-electron chi connectivity index (χ4n) is 5.03. The molecule has 0 unspecified atom stereocenters. The normalized spacial score (nSPS) is 16.1. The van der Waals surface area contributed by atoms with Gasteiger partial charge in [-0.2, -0.15) is 0 Å². The molecule has 0 aromatic heterocycles. The Kier molecular flexibility index (Phi) is 7.70. The number of benzene rings is 2. The zero-order chi connectivity index (χ0) is 24.1.